The highest BCUT2D eigenvalue weighted by Gasteiger charge is 2.31. The minimum Gasteiger partial charge on any atom is -0.481 e. The lowest BCUT2D eigenvalue weighted by Gasteiger charge is -2.35. The fourth-order valence-electron chi connectivity index (χ4n) is 2.20. The van der Waals surface area contributed by atoms with Gasteiger partial charge < -0.3 is 15.3 Å². The molecule has 0 aliphatic carbocycles. The van der Waals surface area contributed by atoms with Crippen LogP contribution in [0.1, 0.15) is 5.56 Å². The summed E-state index contributed by atoms with van der Waals surface area (Å²) in [7, 11) is 0. The van der Waals surface area contributed by atoms with Crippen LogP contribution in [0.5, 0.6) is 0 Å². The van der Waals surface area contributed by atoms with E-state index in [4.69, 9.17) is 5.26 Å². The van der Waals surface area contributed by atoms with E-state index in [0.717, 1.165) is 0 Å². The molecule has 0 spiro atoms. The second-order valence-electron chi connectivity index (χ2n) is 5.28. The molecule has 6 nitrogen and oxygen atoms in total. The number of nitrogens with zero attached hydrogens (tertiary/aromatic N) is 2. The number of hydrogen-bond acceptors (Lipinski definition) is 3. The van der Waals surface area contributed by atoms with Crippen LogP contribution in [0.25, 0.3) is 0 Å². The van der Waals surface area contributed by atoms with Crippen molar-refractivity contribution in [3.8, 4) is 6.07 Å². The summed E-state index contributed by atoms with van der Waals surface area (Å²) >= 11 is 0. The van der Waals surface area contributed by atoms with Crippen molar-refractivity contribution in [2.24, 2.45) is 11.8 Å². The van der Waals surface area contributed by atoms with Gasteiger partial charge in [0.25, 0.3) is 0 Å². The monoisotopic (exact) mass is 305 g/mol. The number of urea groups is 1. The third-order valence-electron chi connectivity index (χ3n) is 3.60. The Morgan fingerprint density at radius 2 is 2.05 bits per heavy atom. The quantitative estimate of drug-likeness (QED) is 0.855. The van der Waals surface area contributed by atoms with E-state index in [1.165, 1.54) is 29.2 Å². The molecule has 1 aliphatic heterocycles. The van der Waals surface area contributed by atoms with Crippen LogP contribution < -0.4 is 5.32 Å². The smallest absolute Gasteiger partial charge is 0.317 e. The van der Waals surface area contributed by atoms with Gasteiger partial charge in [-0.25, -0.2) is 9.18 Å². The molecule has 1 fully saturated rings. The molecule has 2 N–H and O–H groups in total. The van der Waals surface area contributed by atoms with Crippen molar-refractivity contribution in [2.45, 2.75) is 6.42 Å². The largest absolute Gasteiger partial charge is 0.481 e. The van der Waals surface area contributed by atoms with Gasteiger partial charge in [-0.1, -0.05) is 12.1 Å². The predicted octanol–water partition coefficient (Wildman–Crippen LogP) is 1.23. The molecule has 1 atom stereocenters. The Bertz CT molecular complexity index is 591. The third-order valence-corrected chi connectivity index (χ3v) is 3.60. The lowest BCUT2D eigenvalue weighted by Crippen LogP contribution is -2.54. The van der Waals surface area contributed by atoms with E-state index in [-0.39, 0.29) is 30.7 Å². The second kappa shape index (κ2) is 6.89. The number of carboxylic acid groups (broad SMARTS) is 1. The zero-order valence-corrected chi connectivity index (χ0v) is 11.8. The Morgan fingerprint density at radius 1 is 1.41 bits per heavy atom. The number of halogens is 1. The summed E-state index contributed by atoms with van der Waals surface area (Å²) in [6, 6.07) is 7.30. The zero-order chi connectivity index (χ0) is 16.1. The van der Waals surface area contributed by atoms with Crippen molar-refractivity contribution in [1.29, 1.82) is 5.26 Å². The fourth-order valence-corrected chi connectivity index (χ4v) is 2.20. The summed E-state index contributed by atoms with van der Waals surface area (Å²) in [4.78, 5) is 24.5. The molecule has 2 amide bonds. The van der Waals surface area contributed by atoms with Gasteiger partial charge in [0.15, 0.2) is 0 Å². The van der Waals surface area contributed by atoms with Crippen LogP contribution in [-0.2, 0) is 11.2 Å². The first kappa shape index (κ1) is 15.8. The molecule has 0 aromatic heterocycles. The molecule has 1 aliphatic rings. The zero-order valence-electron chi connectivity index (χ0n) is 11.8. The molecule has 1 unspecified atom stereocenters. The Balaban J connectivity index is 1.84. The molecule has 1 saturated heterocycles. The number of likely N-dealkylation sites (tertiary alicyclic amines) is 1. The van der Waals surface area contributed by atoms with Crippen LogP contribution in [0.15, 0.2) is 24.3 Å². The first-order valence-electron chi connectivity index (χ1n) is 6.89. The van der Waals surface area contributed by atoms with Gasteiger partial charge in [-0.2, -0.15) is 5.26 Å². The third kappa shape index (κ3) is 3.95. The Morgan fingerprint density at radius 3 is 2.59 bits per heavy atom. The molecule has 0 saturated carbocycles. The number of carbonyl (C=O) groups excluding carboxylic acids is 1. The number of nitrogens with one attached hydrogen (secondary N) is 1. The average Bonchev–Trinajstić information content (AvgIpc) is 2.44. The van der Waals surface area contributed by atoms with Crippen molar-refractivity contribution >= 4 is 12.0 Å². The number of carbonyl (C=O) groups is 2. The van der Waals surface area contributed by atoms with E-state index >= 15 is 0 Å². The maximum atomic E-state index is 12.8. The lowest BCUT2D eigenvalue weighted by molar-refractivity contribution is -0.141. The van der Waals surface area contributed by atoms with Crippen LogP contribution in [0, 0.1) is 29.0 Å². The summed E-state index contributed by atoms with van der Waals surface area (Å²) < 4.78 is 12.8. The van der Waals surface area contributed by atoms with Gasteiger partial charge in [-0.05, 0) is 24.1 Å². The molecule has 2 rings (SSSR count). The molecule has 0 bridgehead atoms. The Hall–Kier alpha value is -2.62. The van der Waals surface area contributed by atoms with E-state index in [2.05, 4.69) is 11.4 Å². The number of carboxylic acids is 1. The molecule has 1 aromatic rings. The predicted molar refractivity (Wildman–Crippen MR) is 75.3 cm³/mol. The molecule has 1 heterocycles. The molecular weight excluding hydrogens is 289 g/mol. The topological polar surface area (TPSA) is 93.4 Å². The molecule has 22 heavy (non-hydrogen) atoms. The van der Waals surface area contributed by atoms with E-state index in [1.807, 2.05) is 0 Å². The SMILES string of the molecule is N#CC1CN(C(=O)NCC(Cc2ccc(F)cc2)C(=O)O)C1. The van der Waals surface area contributed by atoms with Gasteiger partial charge in [0.1, 0.15) is 5.82 Å². The van der Waals surface area contributed by atoms with Crippen LogP contribution in [0.4, 0.5) is 9.18 Å². The number of rotatable bonds is 5. The lowest BCUT2D eigenvalue weighted by atomic mass is 9.99. The Kier molecular flexibility index (Phi) is 4.94. The van der Waals surface area contributed by atoms with Crippen molar-refractivity contribution in [3.05, 3.63) is 35.6 Å². The maximum Gasteiger partial charge on any atom is 0.317 e. The van der Waals surface area contributed by atoms with E-state index in [1.54, 1.807) is 0 Å². The van der Waals surface area contributed by atoms with Crippen LogP contribution >= 0.6 is 0 Å². The summed E-state index contributed by atoms with van der Waals surface area (Å²) in [6.07, 6.45) is 0.205. The molecule has 0 radical (unpaired) electrons. The second-order valence-corrected chi connectivity index (χ2v) is 5.28. The standard InChI is InChI=1S/C15H16FN3O3/c16-13-3-1-10(2-4-13)5-12(14(20)21)7-18-15(22)19-8-11(6-17)9-19/h1-4,11-12H,5,7-9H2,(H,18,22)(H,20,21). The minimum atomic E-state index is -1.02. The molecule has 116 valence electrons. The van der Waals surface area contributed by atoms with Gasteiger partial charge in [0.05, 0.1) is 17.9 Å². The average molecular weight is 305 g/mol. The maximum absolute atomic E-state index is 12.8. The highest BCUT2D eigenvalue weighted by molar-refractivity contribution is 5.77. The van der Waals surface area contributed by atoms with Crippen LogP contribution in [-0.4, -0.2) is 41.6 Å². The fraction of sp³-hybridized carbons (Fsp3) is 0.400. The highest BCUT2D eigenvalue weighted by atomic mass is 19.1. The molecule has 1 aromatic carbocycles. The van der Waals surface area contributed by atoms with E-state index in [0.29, 0.717) is 18.7 Å². The van der Waals surface area contributed by atoms with Crippen molar-refractivity contribution in [3.63, 3.8) is 0 Å². The van der Waals surface area contributed by atoms with Crippen LogP contribution in [0.2, 0.25) is 0 Å². The highest BCUT2D eigenvalue weighted by Crippen LogP contribution is 2.14. The first-order valence-corrected chi connectivity index (χ1v) is 6.89. The van der Waals surface area contributed by atoms with E-state index in [9.17, 15) is 19.1 Å². The Labute approximate surface area is 127 Å². The van der Waals surface area contributed by atoms with Crippen molar-refractivity contribution < 1.29 is 19.1 Å². The minimum absolute atomic E-state index is 0.0146. The van der Waals surface area contributed by atoms with Gasteiger partial charge in [-0.3, -0.25) is 4.79 Å². The molecule has 7 heteroatoms. The van der Waals surface area contributed by atoms with Crippen LogP contribution in [0.3, 0.4) is 0 Å². The number of amides is 2. The number of hydrogen-bond donors (Lipinski definition) is 2. The summed E-state index contributed by atoms with van der Waals surface area (Å²) in [5, 5.41) is 20.4. The normalized spacial score (nSPS) is 15.5. The van der Waals surface area contributed by atoms with Gasteiger partial charge >= 0.3 is 12.0 Å². The van der Waals surface area contributed by atoms with Gasteiger partial charge in [0.2, 0.25) is 0 Å². The van der Waals surface area contributed by atoms with Crippen molar-refractivity contribution in [2.75, 3.05) is 19.6 Å². The number of nitriles is 1. The van der Waals surface area contributed by atoms with Gasteiger partial charge in [-0.15, -0.1) is 0 Å². The number of benzene rings is 1. The van der Waals surface area contributed by atoms with Gasteiger partial charge in [0, 0.05) is 19.6 Å². The van der Waals surface area contributed by atoms with Crippen molar-refractivity contribution in [1.82, 2.24) is 10.2 Å². The van der Waals surface area contributed by atoms with E-state index < -0.39 is 11.9 Å². The summed E-state index contributed by atoms with van der Waals surface area (Å²) in [6.45, 7) is 0.731. The number of aliphatic carboxylic acids is 1. The summed E-state index contributed by atoms with van der Waals surface area (Å²) in [5.74, 6) is -2.33. The summed E-state index contributed by atoms with van der Waals surface area (Å²) in [5.41, 5.74) is 0.691. The first-order chi connectivity index (χ1) is 10.5. The molecular formula is C15H16FN3O3.